The normalized spacial score (nSPS) is 21.5. The number of carbonyl (C=O) groups is 5. The van der Waals surface area contributed by atoms with Crippen LogP contribution in [0.2, 0.25) is 0 Å². The smallest absolute Gasteiger partial charge is 0.416 e. The molecule has 0 spiro atoms. The summed E-state index contributed by atoms with van der Waals surface area (Å²) in [4.78, 5) is 100. The van der Waals surface area contributed by atoms with E-state index in [1.165, 1.54) is 60.4 Å². The van der Waals surface area contributed by atoms with Gasteiger partial charge in [-0.2, -0.15) is 0 Å². The molecule has 0 saturated carbocycles. The van der Waals surface area contributed by atoms with Gasteiger partial charge in [0.1, 0.15) is 57.5 Å². The van der Waals surface area contributed by atoms with Crippen LogP contribution in [0.3, 0.4) is 0 Å². The Morgan fingerprint density at radius 1 is 0.483 bits per heavy atom. The molecule has 7 aliphatic heterocycles. The molecule has 0 aliphatic carbocycles. The van der Waals surface area contributed by atoms with Gasteiger partial charge >= 0.3 is 23.6 Å². The highest BCUT2D eigenvalue weighted by molar-refractivity contribution is 6.07. The standard InChI is InChI=1S/C34H37N3O14.C28H27N3O9.C20H20N2O3/c1-47-25-13-20-22(14-26(25)48-16-18-6-3-2-4-7-18)36(32(43)21-8-5-11-35(21)31(20)42)34(44)49-17-19-9-10-24(23(12-19)37(45)46)50-33-30(41)29(40)28(39)27(15-38)51-33;1-38-24-13-19-21(14-25(24)39-15-17-6-3-2-4-7-17)30(27(34)20-8-5-11-29(20)26(19)33)28(35)40-16-18-9-10-23(32)22(12-18)31(36)37;1-24-18-10-16-17(21-12-15-8-5-9-22(15)20(16)23)11-19(18)25-13-14-6-3-2-4-7-14/h2-4,6-7,9-10,12-14,21,27-30,32-33,38-41,43H,5,8,11,15-17H2,1H3;2-4,6-7,9-10,12-14,20,27,32,34H,5,8,11,15-16H2,1H3;2-4,6-7,10-12,15H,5,8-9,13H2,1H3/t21-,27?,28?,29?,30?,32-,33?;20-,27-;15-/m000/s1. The average molecular weight is 1600 g/mol. The minimum Gasteiger partial charge on any atom is -0.502 e. The summed E-state index contributed by atoms with van der Waals surface area (Å²) in [5.74, 6) is 0.438. The number of amides is 5. The number of nitro groups is 2. The van der Waals surface area contributed by atoms with Crippen LogP contribution >= 0.6 is 0 Å². The molecule has 5 amide bonds. The van der Waals surface area contributed by atoms with Gasteiger partial charge in [0.15, 0.2) is 58.5 Å². The van der Waals surface area contributed by atoms with E-state index in [1.54, 1.807) is 19.2 Å². The first-order valence-corrected chi connectivity index (χ1v) is 37.2. The number of anilines is 2. The largest absolute Gasteiger partial charge is 0.502 e. The fourth-order valence-corrected chi connectivity index (χ4v) is 14.7. The first-order chi connectivity index (χ1) is 56.1. The lowest BCUT2D eigenvalue weighted by Crippen LogP contribution is -2.60. The van der Waals surface area contributed by atoms with Crippen molar-refractivity contribution < 1.29 is 117 Å². The molecule has 15 rings (SSSR count). The van der Waals surface area contributed by atoms with Gasteiger partial charge in [-0.3, -0.25) is 39.6 Å². The van der Waals surface area contributed by atoms with Gasteiger partial charge in [-0.05, 0) is 96.7 Å². The van der Waals surface area contributed by atoms with Crippen LogP contribution in [0.15, 0.2) is 169 Å². The lowest BCUT2D eigenvalue weighted by atomic mass is 9.99. The van der Waals surface area contributed by atoms with Crippen LogP contribution in [0.1, 0.15) is 97.4 Å². The molecule has 8 aromatic carbocycles. The van der Waals surface area contributed by atoms with Crippen LogP contribution in [0.25, 0.3) is 0 Å². The van der Waals surface area contributed by atoms with Crippen LogP contribution in [0.5, 0.6) is 46.0 Å². The molecule has 0 radical (unpaired) electrons. The maximum absolute atomic E-state index is 13.8. The van der Waals surface area contributed by atoms with Crippen LogP contribution in [0, 0.1) is 20.2 Å². The number of aliphatic hydroxyl groups excluding tert-OH is 6. The van der Waals surface area contributed by atoms with Crippen LogP contribution in [-0.2, 0) is 47.2 Å². The number of carbonyl (C=O) groups excluding carboxylic acids is 5. The Morgan fingerprint density at radius 3 is 1.38 bits per heavy atom. The van der Waals surface area contributed by atoms with Crippen LogP contribution < -0.4 is 43.0 Å². The zero-order valence-corrected chi connectivity index (χ0v) is 63.0. The van der Waals surface area contributed by atoms with E-state index >= 15 is 0 Å². The Bertz CT molecular complexity index is 4970. The molecule has 10 atom stereocenters. The van der Waals surface area contributed by atoms with Crippen molar-refractivity contribution in [3.8, 4) is 46.0 Å². The van der Waals surface area contributed by atoms with Gasteiger partial charge < -0.3 is 97.8 Å². The monoisotopic (exact) mass is 1600 g/mol. The van der Waals surface area contributed by atoms with Gasteiger partial charge in [-0.25, -0.2) is 19.4 Å². The van der Waals surface area contributed by atoms with Crippen molar-refractivity contribution in [3.63, 3.8) is 0 Å². The number of aliphatic hydroxyl groups is 6. The number of phenolic OH excluding ortho intramolecular Hbond substituents is 1. The molecule has 5 unspecified atom stereocenters. The van der Waals surface area contributed by atoms with E-state index in [-0.39, 0.29) is 100 Å². The molecule has 7 heterocycles. The first-order valence-electron chi connectivity index (χ1n) is 37.2. The molecule has 0 bridgehead atoms. The number of ether oxygens (including phenoxy) is 10. The van der Waals surface area contributed by atoms with E-state index in [4.69, 9.17) is 47.4 Å². The van der Waals surface area contributed by atoms with E-state index in [9.17, 15) is 79.9 Å². The Morgan fingerprint density at radius 2 is 0.914 bits per heavy atom. The molecule has 4 saturated heterocycles. The van der Waals surface area contributed by atoms with Crippen molar-refractivity contribution in [1.82, 2.24) is 14.7 Å². The van der Waals surface area contributed by atoms with Crippen molar-refractivity contribution >= 4 is 64.6 Å². The third kappa shape index (κ3) is 17.5. The summed E-state index contributed by atoms with van der Waals surface area (Å²) in [5.41, 5.74) is 3.57. The third-order valence-electron chi connectivity index (χ3n) is 20.7. The Balaban J connectivity index is 0.000000160. The number of nitro benzene ring substituents is 2. The highest BCUT2D eigenvalue weighted by atomic mass is 16.7. The van der Waals surface area contributed by atoms with E-state index in [0.29, 0.717) is 68.1 Å². The Hall–Kier alpha value is -12.7. The Kier molecular flexibility index (Phi) is 25.4. The van der Waals surface area contributed by atoms with Crippen molar-refractivity contribution in [2.75, 3.05) is 57.4 Å². The number of hydrogen-bond donors (Lipinski definition) is 7. The van der Waals surface area contributed by atoms with E-state index in [0.717, 1.165) is 70.1 Å². The van der Waals surface area contributed by atoms with Gasteiger partial charge in [-0.1, -0.05) is 103 Å². The summed E-state index contributed by atoms with van der Waals surface area (Å²) in [6.45, 7) is 0.698. The van der Waals surface area contributed by atoms with E-state index < -0.39 is 114 Å². The van der Waals surface area contributed by atoms with Gasteiger partial charge in [0.2, 0.25) is 6.29 Å². The van der Waals surface area contributed by atoms with Crippen molar-refractivity contribution in [3.05, 3.63) is 229 Å². The second-order valence-corrected chi connectivity index (χ2v) is 27.9. The maximum Gasteiger partial charge on any atom is 0.416 e. The number of aromatic hydroxyl groups is 1. The zero-order valence-electron chi connectivity index (χ0n) is 63.0. The number of hydrogen-bond acceptors (Lipinski definition) is 27. The SMILES string of the molecule is COc1cc2c(cc1OCc1ccccc1)N(C(=O)OCc1ccc(O)c([N+](=O)[O-])c1)[C@@H](O)[C@@H]1CCCN1C2=O.COc1cc2c(cc1OCc1ccccc1)N(C(=O)OCc1ccc(OC3OC(CO)C(O)C(O)C3O)c([N+](=O)[O-])c1)[C@@H](O)[C@@H]1CCCN1C2=O.COc1cc2c(cc1OCc1ccccc1)N=C[C@@H]1CCCN1C2=O. The number of nitrogens with zero attached hydrogens (tertiary/aromatic N) is 8. The molecule has 608 valence electrons. The minimum atomic E-state index is -1.81. The summed E-state index contributed by atoms with van der Waals surface area (Å²) in [6, 6.07) is 43.8. The van der Waals surface area contributed by atoms with Crippen molar-refractivity contribution in [2.24, 2.45) is 4.99 Å². The molecule has 34 nitrogen and oxygen atoms in total. The summed E-state index contributed by atoms with van der Waals surface area (Å²) in [7, 11) is 4.44. The third-order valence-corrected chi connectivity index (χ3v) is 20.7. The Labute approximate surface area is 663 Å². The first kappa shape index (κ1) is 81.3. The molecular formula is C82H84N8O26. The fourth-order valence-electron chi connectivity index (χ4n) is 14.7. The lowest BCUT2D eigenvalue weighted by Gasteiger charge is -2.39. The lowest BCUT2D eigenvalue weighted by molar-refractivity contribution is -0.387. The highest BCUT2D eigenvalue weighted by Gasteiger charge is 2.49. The van der Waals surface area contributed by atoms with Gasteiger partial charge in [-0.15, -0.1) is 0 Å². The van der Waals surface area contributed by atoms with Crippen LogP contribution in [0.4, 0.5) is 38.0 Å². The molecule has 4 fully saturated rings. The highest BCUT2D eigenvalue weighted by Crippen LogP contribution is 2.46. The topological polar surface area (TPSA) is 434 Å². The fraction of sp³-hybridized carbons (Fsp3) is 0.341. The molecule has 116 heavy (non-hydrogen) atoms. The van der Waals surface area contributed by atoms with Gasteiger partial charge in [0.05, 0.1) is 89.7 Å². The number of benzene rings is 8. The number of phenols is 1. The van der Waals surface area contributed by atoms with Crippen molar-refractivity contribution in [2.45, 2.75) is 133 Å². The maximum atomic E-state index is 13.8. The molecule has 0 aromatic heterocycles. The number of fused-ring (bicyclic) bond motifs is 6. The van der Waals surface area contributed by atoms with Gasteiger partial charge in [0, 0.05) is 56.2 Å². The van der Waals surface area contributed by atoms with E-state index in [2.05, 4.69) is 4.99 Å². The second-order valence-electron chi connectivity index (χ2n) is 27.9. The minimum absolute atomic E-state index is 0.0166. The summed E-state index contributed by atoms with van der Waals surface area (Å²) < 4.78 is 56.2. The van der Waals surface area contributed by atoms with Crippen LogP contribution in [-0.4, -0.2) is 205 Å². The molecule has 7 N–H and O–H groups in total. The quantitative estimate of drug-likeness (QED) is 0.0260. The molecule has 34 heteroatoms. The predicted octanol–water partition coefficient (Wildman–Crippen LogP) is 9.00. The summed E-state index contributed by atoms with van der Waals surface area (Å²) in [5, 5.41) is 95.6. The molecular weight excluding hydrogens is 1510 g/mol. The summed E-state index contributed by atoms with van der Waals surface area (Å²) in [6.07, 6.45) is -7.14. The molecule has 7 aliphatic rings. The van der Waals surface area contributed by atoms with Gasteiger partial charge in [0.25, 0.3) is 17.7 Å². The van der Waals surface area contributed by atoms with Crippen molar-refractivity contribution in [1.29, 1.82) is 0 Å². The number of methoxy groups -OCH3 is 3. The summed E-state index contributed by atoms with van der Waals surface area (Å²) >= 11 is 0. The number of aliphatic imine (C=N–C) groups is 1. The predicted molar refractivity (Wildman–Crippen MR) is 411 cm³/mol. The average Bonchev–Trinajstić information content (AvgIpc) is 1.60. The molecule has 8 aromatic rings. The van der Waals surface area contributed by atoms with E-state index in [1.807, 2.05) is 102 Å². The zero-order chi connectivity index (χ0) is 82.0. The second kappa shape index (κ2) is 36.2. The number of rotatable bonds is 21.